The zero-order chi connectivity index (χ0) is 17.1. The van der Waals surface area contributed by atoms with Crippen LogP contribution in [0, 0.1) is 5.82 Å². The first-order valence-electron chi connectivity index (χ1n) is 8.00. The van der Waals surface area contributed by atoms with Gasteiger partial charge in [0.15, 0.2) is 0 Å². The molecule has 0 amide bonds. The molecule has 0 unspecified atom stereocenters. The highest BCUT2D eigenvalue weighted by atomic mass is 19.1. The first-order valence-corrected chi connectivity index (χ1v) is 8.00. The van der Waals surface area contributed by atoms with E-state index in [-0.39, 0.29) is 5.82 Å². The number of nitrogens with zero attached hydrogens (tertiary/aromatic N) is 4. The Labute approximate surface area is 144 Å². The number of hydrogen-bond donors (Lipinski definition) is 1. The van der Waals surface area contributed by atoms with Gasteiger partial charge in [-0.3, -0.25) is 4.98 Å². The summed E-state index contributed by atoms with van der Waals surface area (Å²) < 4.78 is 14.6. The Hall–Kier alpha value is -3.12. The standard InChI is InChI=1S/C19H16FN5/c20-16-6-8-18(9-7-16)25-13-17(23-24-25)12-21-11-15-4-1-3-14-5-2-10-22-19(14)15/h1-10,13,21H,11-12H2. The third kappa shape index (κ3) is 3.39. The molecule has 1 N–H and O–H groups in total. The summed E-state index contributed by atoms with van der Waals surface area (Å²) in [6, 6.07) is 16.3. The van der Waals surface area contributed by atoms with Gasteiger partial charge in [-0.15, -0.1) is 5.10 Å². The number of pyridine rings is 1. The third-order valence-corrected chi connectivity index (χ3v) is 3.97. The Bertz CT molecular complexity index is 989. The van der Waals surface area contributed by atoms with E-state index in [9.17, 15) is 4.39 Å². The van der Waals surface area contributed by atoms with Gasteiger partial charge in [-0.2, -0.15) is 0 Å². The number of fused-ring (bicyclic) bond motifs is 1. The van der Waals surface area contributed by atoms with Crippen molar-refractivity contribution in [3.8, 4) is 5.69 Å². The van der Waals surface area contributed by atoms with Crippen molar-refractivity contribution in [2.45, 2.75) is 13.1 Å². The van der Waals surface area contributed by atoms with Crippen LogP contribution in [-0.2, 0) is 13.1 Å². The van der Waals surface area contributed by atoms with E-state index in [1.165, 1.54) is 12.1 Å². The lowest BCUT2D eigenvalue weighted by molar-refractivity contribution is 0.626. The molecule has 0 aliphatic carbocycles. The number of benzene rings is 2. The summed E-state index contributed by atoms with van der Waals surface area (Å²) in [4.78, 5) is 4.45. The largest absolute Gasteiger partial charge is 0.307 e. The van der Waals surface area contributed by atoms with Gasteiger partial charge in [0, 0.05) is 24.7 Å². The van der Waals surface area contributed by atoms with Crippen molar-refractivity contribution in [3.63, 3.8) is 0 Å². The summed E-state index contributed by atoms with van der Waals surface area (Å²) in [5.74, 6) is -0.269. The third-order valence-electron chi connectivity index (χ3n) is 3.97. The first kappa shape index (κ1) is 15.4. The van der Waals surface area contributed by atoms with Gasteiger partial charge in [-0.1, -0.05) is 29.5 Å². The molecule has 4 rings (SSSR count). The highest BCUT2D eigenvalue weighted by molar-refractivity contribution is 5.81. The van der Waals surface area contributed by atoms with Gasteiger partial charge in [-0.05, 0) is 35.9 Å². The SMILES string of the molecule is Fc1ccc(-n2cc(CNCc3cccc4cccnc34)nn2)cc1. The molecule has 2 aromatic carbocycles. The van der Waals surface area contributed by atoms with Crippen molar-refractivity contribution in [2.75, 3.05) is 0 Å². The molecule has 124 valence electrons. The van der Waals surface area contributed by atoms with Gasteiger partial charge in [-0.25, -0.2) is 9.07 Å². The molecule has 2 heterocycles. The van der Waals surface area contributed by atoms with Crippen LogP contribution in [0.5, 0.6) is 0 Å². The van der Waals surface area contributed by atoms with Crippen LogP contribution in [0.2, 0.25) is 0 Å². The summed E-state index contributed by atoms with van der Waals surface area (Å²) in [5.41, 5.74) is 3.74. The molecule has 2 aromatic heterocycles. The van der Waals surface area contributed by atoms with Crippen LogP contribution in [0.1, 0.15) is 11.3 Å². The van der Waals surface area contributed by atoms with E-state index in [4.69, 9.17) is 0 Å². The molecular weight excluding hydrogens is 317 g/mol. The van der Waals surface area contributed by atoms with E-state index in [2.05, 4.69) is 38.8 Å². The topological polar surface area (TPSA) is 55.6 Å². The monoisotopic (exact) mass is 333 g/mol. The lowest BCUT2D eigenvalue weighted by atomic mass is 10.1. The van der Waals surface area contributed by atoms with E-state index < -0.39 is 0 Å². The fourth-order valence-corrected chi connectivity index (χ4v) is 2.73. The predicted molar refractivity (Wildman–Crippen MR) is 93.6 cm³/mol. The fraction of sp³-hybridized carbons (Fsp3) is 0.105. The van der Waals surface area contributed by atoms with E-state index in [1.807, 2.05) is 18.3 Å². The van der Waals surface area contributed by atoms with E-state index in [1.54, 1.807) is 23.0 Å². The average Bonchev–Trinajstić information content (AvgIpc) is 3.11. The van der Waals surface area contributed by atoms with Crippen molar-refractivity contribution < 1.29 is 4.39 Å². The molecule has 0 bridgehead atoms. The minimum absolute atomic E-state index is 0.269. The maximum absolute atomic E-state index is 13.0. The maximum atomic E-state index is 13.0. The number of nitrogens with one attached hydrogen (secondary N) is 1. The Morgan fingerprint density at radius 3 is 2.68 bits per heavy atom. The van der Waals surface area contributed by atoms with E-state index >= 15 is 0 Å². The highest BCUT2D eigenvalue weighted by Crippen LogP contribution is 2.15. The second-order valence-corrected chi connectivity index (χ2v) is 5.73. The quantitative estimate of drug-likeness (QED) is 0.609. The molecule has 0 fully saturated rings. The molecule has 0 spiro atoms. The molecule has 25 heavy (non-hydrogen) atoms. The van der Waals surface area contributed by atoms with Gasteiger partial charge < -0.3 is 5.32 Å². The average molecular weight is 333 g/mol. The van der Waals surface area contributed by atoms with Gasteiger partial charge in [0.2, 0.25) is 0 Å². The Morgan fingerprint density at radius 2 is 1.80 bits per heavy atom. The highest BCUT2D eigenvalue weighted by Gasteiger charge is 2.05. The summed E-state index contributed by atoms with van der Waals surface area (Å²) >= 11 is 0. The second kappa shape index (κ2) is 6.78. The van der Waals surface area contributed by atoms with Crippen LogP contribution in [0.4, 0.5) is 4.39 Å². The zero-order valence-electron chi connectivity index (χ0n) is 13.4. The molecule has 0 aliphatic heterocycles. The van der Waals surface area contributed by atoms with Crippen LogP contribution in [0.3, 0.4) is 0 Å². The number of hydrogen-bond acceptors (Lipinski definition) is 4. The number of halogens is 1. The molecular formula is C19H16FN5. The molecule has 0 saturated heterocycles. The molecule has 4 aromatic rings. The number of rotatable bonds is 5. The Kier molecular flexibility index (Phi) is 4.18. The minimum atomic E-state index is -0.269. The van der Waals surface area contributed by atoms with Crippen molar-refractivity contribution >= 4 is 10.9 Å². The molecule has 0 aliphatic rings. The fourth-order valence-electron chi connectivity index (χ4n) is 2.73. The van der Waals surface area contributed by atoms with Gasteiger partial charge in [0.1, 0.15) is 5.82 Å². The Morgan fingerprint density at radius 1 is 0.960 bits per heavy atom. The molecule has 0 radical (unpaired) electrons. The van der Waals surface area contributed by atoms with Crippen molar-refractivity contribution in [3.05, 3.63) is 84.1 Å². The smallest absolute Gasteiger partial charge is 0.123 e. The summed E-state index contributed by atoms with van der Waals surface area (Å²) in [6.45, 7) is 1.28. The summed E-state index contributed by atoms with van der Waals surface area (Å²) in [6.07, 6.45) is 3.64. The predicted octanol–water partition coefficient (Wildman–Crippen LogP) is 3.24. The van der Waals surface area contributed by atoms with Crippen molar-refractivity contribution in [1.82, 2.24) is 25.3 Å². The normalized spacial score (nSPS) is 11.1. The van der Waals surface area contributed by atoms with Crippen LogP contribution in [-0.4, -0.2) is 20.0 Å². The van der Waals surface area contributed by atoms with Gasteiger partial charge in [0.05, 0.1) is 23.1 Å². The zero-order valence-corrected chi connectivity index (χ0v) is 13.4. The van der Waals surface area contributed by atoms with E-state index in [0.29, 0.717) is 13.1 Å². The lowest BCUT2D eigenvalue weighted by Gasteiger charge is -2.06. The molecule has 0 atom stereocenters. The van der Waals surface area contributed by atoms with Crippen molar-refractivity contribution in [2.24, 2.45) is 0 Å². The van der Waals surface area contributed by atoms with Crippen molar-refractivity contribution in [1.29, 1.82) is 0 Å². The molecule has 6 heteroatoms. The van der Waals surface area contributed by atoms with Crippen LogP contribution in [0.25, 0.3) is 16.6 Å². The van der Waals surface area contributed by atoms with Crippen LogP contribution in [0.15, 0.2) is 67.0 Å². The maximum Gasteiger partial charge on any atom is 0.123 e. The van der Waals surface area contributed by atoms with Gasteiger partial charge >= 0.3 is 0 Å². The number of aromatic nitrogens is 4. The minimum Gasteiger partial charge on any atom is -0.307 e. The van der Waals surface area contributed by atoms with E-state index in [0.717, 1.165) is 27.8 Å². The molecule has 5 nitrogen and oxygen atoms in total. The second-order valence-electron chi connectivity index (χ2n) is 5.73. The summed E-state index contributed by atoms with van der Waals surface area (Å²) in [5, 5.41) is 12.7. The van der Waals surface area contributed by atoms with Gasteiger partial charge in [0.25, 0.3) is 0 Å². The first-order chi connectivity index (χ1) is 12.3. The lowest BCUT2D eigenvalue weighted by Crippen LogP contribution is -2.13. The Balaban J connectivity index is 1.43. The summed E-state index contributed by atoms with van der Waals surface area (Å²) in [7, 11) is 0. The van der Waals surface area contributed by atoms with Crippen LogP contribution < -0.4 is 5.32 Å². The molecule has 0 saturated carbocycles. The van der Waals surface area contributed by atoms with Crippen LogP contribution >= 0.6 is 0 Å². The number of para-hydroxylation sites is 1.